The predicted molar refractivity (Wildman–Crippen MR) is 85.3 cm³/mol. The fraction of sp³-hybridized carbons (Fsp3) is 0.611. The molecule has 0 fully saturated rings. The maximum Gasteiger partial charge on any atom is 0.322 e. The third-order valence-corrected chi connectivity index (χ3v) is 4.27. The second-order valence-electron chi connectivity index (χ2n) is 6.48. The molecule has 1 aliphatic rings. The number of carbonyl (C=O) groups is 1. The Morgan fingerprint density at radius 2 is 1.95 bits per heavy atom. The minimum Gasteiger partial charge on any atom is -0.468 e. The number of benzene rings is 1. The summed E-state index contributed by atoms with van der Waals surface area (Å²) in [6, 6.07) is 6.64. The van der Waals surface area contributed by atoms with Gasteiger partial charge >= 0.3 is 5.97 Å². The van der Waals surface area contributed by atoms with Crippen LogP contribution in [0.15, 0.2) is 18.2 Å². The lowest BCUT2D eigenvalue weighted by Crippen LogP contribution is -2.40. The summed E-state index contributed by atoms with van der Waals surface area (Å²) < 4.78 is 4.92. The summed E-state index contributed by atoms with van der Waals surface area (Å²) in [4.78, 5) is 11.9. The van der Waals surface area contributed by atoms with E-state index in [0.29, 0.717) is 5.92 Å². The Morgan fingerprint density at radius 1 is 1.24 bits per heavy atom. The minimum atomic E-state index is -0.238. The molecular weight excluding hydrogens is 262 g/mol. The Morgan fingerprint density at radius 3 is 2.62 bits per heavy atom. The molecule has 0 amide bonds. The van der Waals surface area contributed by atoms with Crippen LogP contribution in [0.25, 0.3) is 0 Å². The van der Waals surface area contributed by atoms with E-state index in [0.717, 1.165) is 6.42 Å². The fourth-order valence-electron chi connectivity index (χ4n) is 3.11. The van der Waals surface area contributed by atoms with E-state index in [1.165, 1.54) is 43.1 Å². The van der Waals surface area contributed by atoms with Crippen molar-refractivity contribution in [3.05, 3.63) is 34.9 Å². The molecule has 0 aromatic heterocycles. The topological polar surface area (TPSA) is 38.3 Å². The average Bonchev–Trinajstić information content (AvgIpc) is 2.92. The van der Waals surface area contributed by atoms with E-state index in [1.54, 1.807) is 0 Å². The molecule has 0 heterocycles. The van der Waals surface area contributed by atoms with Crippen molar-refractivity contribution in [2.75, 3.05) is 7.11 Å². The molecule has 2 unspecified atom stereocenters. The zero-order chi connectivity index (χ0) is 15.4. The van der Waals surface area contributed by atoms with E-state index in [2.05, 4.69) is 44.3 Å². The first-order valence-electron chi connectivity index (χ1n) is 7.96. The van der Waals surface area contributed by atoms with Crippen LogP contribution in [-0.2, 0) is 22.4 Å². The lowest BCUT2D eigenvalue weighted by molar-refractivity contribution is -0.143. The number of hydrogen-bond donors (Lipinski definition) is 1. The molecule has 0 spiro atoms. The van der Waals surface area contributed by atoms with Gasteiger partial charge in [0.2, 0.25) is 0 Å². The number of aryl methyl sites for hydroxylation is 2. The molecule has 3 heteroatoms. The molecule has 1 aromatic rings. The van der Waals surface area contributed by atoms with E-state index >= 15 is 0 Å². The minimum absolute atomic E-state index is 0.152. The summed E-state index contributed by atoms with van der Waals surface area (Å²) in [6.45, 7) is 6.36. The number of nitrogens with one attached hydrogen (secondary N) is 1. The molecule has 116 valence electrons. The van der Waals surface area contributed by atoms with Gasteiger partial charge in [0.05, 0.1) is 7.11 Å². The van der Waals surface area contributed by atoms with Crippen LogP contribution in [-0.4, -0.2) is 19.1 Å². The Kier molecular flexibility index (Phi) is 5.40. The third-order valence-electron chi connectivity index (χ3n) is 4.27. The van der Waals surface area contributed by atoms with E-state index in [1.807, 2.05) is 0 Å². The number of esters is 1. The van der Waals surface area contributed by atoms with Crippen LogP contribution >= 0.6 is 0 Å². The van der Waals surface area contributed by atoms with Crippen LogP contribution in [0.4, 0.5) is 0 Å². The van der Waals surface area contributed by atoms with Gasteiger partial charge in [0.15, 0.2) is 0 Å². The second-order valence-corrected chi connectivity index (χ2v) is 6.48. The van der Waals surface area contributed by atoms with Gasteiger partial charge in [0, 0.05) is 6.04 Å². The first kappa shape index (κ1) is 16.0. The predicted octanol–water partition coefficient (Wildman–Crippen LogP) is 3.41. The summed E-state index contributed by atoms with van der Waals surface area (Å²) >= 11 is 0. The van der Waals surface area contributed by atoms with E-state index < -0.39 is 0 Å². The van der Waals surface area contributed by atoms with Crippen molar-refractivity contribution in [3.8, 4) is 0 Å². The van der Waals surface area contributed by atoms with E-state index in [9.17, 15) is 4.79 Å². The molecular formula is C18H27NO2. The van der Waals surface area contributed by atoms with Crippen molar-refractivity contribution in [1.82, 2.24) is 5.32 Å². The van der Waals surface area contributed by atoms with Crippen molar-refractivity contribution in [3.63, 3.8) is 0 Å². The zero-order valence-corrected chi connectivity index (χ0v) is 13.6. The summed E-state index contributed by atoms with van der Waals surface area (Å²) in [5, 5.41) is 3.43. The normalized spacial score (nSPS) is 16.6. The van der Waals surface area contributed by atoms with Gasteiger partial charge in [-0.2, -0.15) is 0 Å². The quantitative estimate of drug-likeness (QED) is 0.816. The highest BCUT2D eigenvalue weighted by Gasteiger charge is 2.23. The van der Waals surface area contributed by atoms with Crippen molar-refractivity contribution in [2.24, 2.45) is 5.92 Å². The largest absolute Gasteiger partial charge is 0.468 e. The maximum absolute atomic E-state index is 11.9. The van der Waals surface area contributed by atoms with Crippen molar-refractivity contribution >= 4 is 5.97 Å². The highest BCUT2D eigenvalue weighted by atomic mass is 16.5. The molecule has 0 saturated heterocycles. The molecule has 2 atom stereocenters. The van der Waals surface area contributed by atoms with Crippen LogP contribution in [0.1, 0.15) is 56.3 Å². The number of hydrogen-bond acceptors (Lipinski definition) is 3. The van der Waals surface area contributed by atoms with Crippen LogP contribution < -0.4 is 5.32 Å². The van der Waals surface area contributed by atoms with Crippen LogP contribution in [0.3, 0.4) is 0 Å². The molecule has 3 nitrogen and oxygen atoms in total. The molecule has 0 saturated carbocycles. The molecule has 1 N–H and O–H groups in total. The number of ether oxygens (including phenoxy) is 1. The Hall–Kier alpha value is -1.35. The number of rotatable bonds is 6. The van der Waals surface area contributed by atoms with Gasteiger partial charge in [-0.15, -0.1) is 0 Å². The van der Waals surface area contributed by atoms with Gasteiger partial charge in [-0.05, 0) is 55.2 Å². The van der Waals surface area contributed by atoms with E-state index in [4.69, 9.17) is 4.74 Å². The zero-order valence-electron chi connectivity index (χ0n) is 13.6. The van der Waals surface area contributed by atoms with Crippen molar-refractivity contribution < 1.29 is 9.53 Å². The molecule has 1 aliphatic carbocycles. The summed E-state index contributed by atoms with van der Waals surface area (Å²) in [7, 11) is 1.46. The summed E-state index contributed by atoms with van der Waals surface area (Å²) in [5.74, 6) is 0.283. The van der Waals surface area contributed by atoms with E-state index in [-0.39, 0.29) is 18.1 Å². The highest BCUT2D eigenvalue weighted by Crippen LogP contribution is 2.26. The van der Waals surface area contributed by atoms with Crippen molar-refractivity contribution in [2.45, 2.75) is 58.5 Å². The lowest BCUT2D eigenvalue weighted by Gasteiger charge is -2.23. The van der Waals surface area contributed by atoms with Gasteiger partial charge in [-0.1, -0.05) is 32.0 Å². The molecule has 0 bridgehead atoms. The first-order chi connectivity index (χ1) is 10.0. The molecule has 21 heavy (non-hydrogen) atoms. The standard InChI is InChI=1S/C18H27NO2/c1-12(2)10-17(18(20)21-4)19-13(3)15-9-8-14-6-5-7-16(14)11-15/h8-9,11-13,17,19H,5-7,10H2,1-4H3. The fourth-order valence-corrected chi connectivity index (χ4v) is 3.11. The maximum atomic E-state index is 11.9. The van der Waals surface area contributed by atoms with Crippen LogP contribution in [0.2, 0.25) is 0 Å². The van der Waals surface area contributed by atoms with Crippen LogP contribution in [0, 0.1) is 5.92 Å². The SMILES string of the molecule is COC(=O)C(CC(C)C)NC(C)c1ccc2c(c1)CCC2. The number of fused-ring (bicyclic) bond motifs is 1. The summed E-state index contributed by atoms with van der Waals surface area (Å²) in [5.41, 5.74) is 4.21. The van der Waals surface area contributed by atoms with Gasteiger partial charge in [0.25, 0.3) is 0 Å². The number of carbonyl (C=O) groups excluding carboxylic acids is 1. The second kappa shape index (κ2) is 7.08. The van der Waals surface area contributed by atoms with Crippen molar-refractivity contribution in [1.29, 1.82) is 0 Å². The van der Waals surface area contributed by atoms with Gasteiger partial charge in [-0.3, -0.25) is 10.1 Å². The van der Waals surface area contributed by atoms with Gasteiger partial charge < -0.3 is 4.74 Å². The molecule has 2 rings (SSSR count). The number of methoxy groups -OCH3 is 1. The Balaban J connectivity index is 2.07. The summed E-state index contributed by atoms with van der Waals surface area (Å²) in [6.07, 6.45) is 4.44. The third kappa shape index (κ3) is 4.07. The van der Waals surface area contributed by atoms with Crippen LogP contribution in [0.5, 0.6) is 0 Å². The molecule has 0 aliphatic heterocycles. The Labute approximate surface area is 128 Å². The average molecular weight is 289 g/mol. The highest BCUT2D eigenvalue weighted by molar-refractivity contribution is 5.75. The monoisotopic (exact) mass is 289 g/mol. The first-order valence-corrected chi connectivity index (χ1v) is 7.96. The van der Waals surface area contributed by atoms with Gasteiger partial charge in [-0.25, -0.2) is 0 Å². The molecule has 0 radical (unpaired) electrons. The molecule has 1 aromatic carbocycles. The smallest absolute Gasteiger partial charge is 0.322 e. The Bertz CT molecular complexity index is 496. The van der Waals surface area contributed by atoms with Gasteiger partial charge in [0.1, 0.15) is 6.04 Å². The lowest BCUT2D eigenvalue weighted by atomic mass is 9.99.